The van der Waals surface area contributed by atoms with Crippen LogP contribution >= 0.6 is 0 Å². The normalized spacial score (nSPS) is 11.8. The molecule has 0 saturated heterocycles. The van der Waals surface area contributed by atoms with E-state index in [4.69, 9.17) is 14.2 Å². The highest BCUT2D eigenvalue weighted by Crippen LogP contribution is 2.36. The number of nitrogens with zero attached hydrogens (tertiary/aromatic N) is 2. The molecule has 0 aliphatic heterocycles. The van der Waals surface area contributed by atoms with Gasteiger partial charge in [-0.25, -0.2) is 0 Å². The van der Waals surface area contributed by atoms with Gasteiger partial charge < -0.3 is 19.3 Å². The molecular formula is C14H16N2O4. The Morgan fingerprint density at radius 1 is 0.900 bits per heavy atom. The van der Waals surface area contributed by atoms with E-state index in [9.17, 15) is 5.11 Å². The van der Waals surface area contributed by atoms with Crippen molar-refractivity contribution in [1.29, 1.82) is 0 Å². The summed E-state index contributed by atoms with van der Waals surface area (Å²) >= 11 is 0. The van der Waals surface area contributed by atoms with E-state index in [0.717, 1.165) is 0 Å². The van der Waals surface area contributed by atoms with E-state index in [1.165, 1.54) is 21.3 Å². The number of hydrogen-bond acceptors (Lipinski definition) is 6. The Hall–Kier alpha value is -2.34. The van der Waals surface area contributed by atoms with Crippen LogP contribution in [-0.4, -0.2) is 36.6 Å². The van der Waals surface area contributed by atoms with Crippen LogP contribution in [0.2, 0.25) is 0 Å². The molecule has 1 unspecified atom stereocenters. The van der Waals surface area contributed by atoms with Crippen molar-refractivity contribution >= 4 is 0 Å². The van der Waals surface area contributed by atoms with Crippen molar-refractivity contribution in [3.05, 3.63) is 41.6 Å². The fourth-order valence-corrected chi connectivity index (χ4v) is 1.88. The summed E-state index contributed by atoms with van der Waals surface area (Å²) < 4.78 is 15.5. The van der Waals surface area contributed by atoms with Gasteiger partial charge in [-0.1, -0.05) is 6.07 Å². The van der Waals surface area contributed by atoms with Crippen LogP contribution in [0.3, 0.4) is 0 Å². The highest BCUT2D eigenvalue weighted by molar-refractivity contribution is 5.48. The van der Waals surface area contributed by atoms with Crippen LogP contribution in [0.1, 0.15) is 17.4 Å². The molecule has 2 rings (SSSR count). The molecular weight excluding hydrogens is 260 g/mol. The number of ether oxygens (including phenoxy) is 3. The molecule has 0 saturated carbocycles. The smallest absolute Gasteiger partial charge is 0.233 e. The average molecular weight is 276 g/mol. The molecule has 1 aromatic carbocycles. The van der Waals surface area contributed by atoms with Crippen LogP contribution in [0.25, 0.3) is 0 Å². The maximum atomic E-state index is 10.5. The third-order valence-corrected chi connectivity index (χ3v) is 2.89. The Kier molecular flexibility index (Phi) is 4.37. The second-order valence-corrected chi connectivity index (χ2v) is 3.98. The summed E-state index contributed by atoms with van der Waals surface area (Å²) in [4.78, 5) is 0. The molecule has 0 spiro atoms. The van der Waals surface area contributed by atoms with Crippen LogP contribution in [-0.2, 0) is 0 Å². The lowest BCUT2D eigenvalue weighted by atomic mass is 10.0. The first-order valence-corrected chi connectivity index (χ1v) is 5.97. The van der Waals surface area contributed by atoms with Crippen molar-refractivity contribution in [3.8, 4) is 17.4 Å². The predicted octanol–water partition coefficient (Wildman–Crippen LogP) is 1.58. The number of hydrogen-bond donors (Lipinski definition) is 1. The maximum absolute atomic E-state index is 10.5. The van der Waals surface area contributed by atoms with Crippen LogP contribution in [0.15, 0.2) is 30.3 Å². The predicted molar refractivity (Wildman–Crippen MR) is 72.2 cm³/mol. The number of methoxy groups -OCH3 is 3. The third kappa shape index (κ3) is 2.65. The lowest BCUT2D eigenvalue weighted by Crippen LogP contribution is -2.07. The molecule has 1 heterocycles. The molecule has 0 radical (unpaired) electrons. The van der Waals surface area contributed by atoms with Gasteiger partial charge in [0.05, 0.1) is 32.6 Å². The molecule has 0 amide bonds. The van der Waals surface area contributed by atoms with E-state index in [1.807, 2.05) is 0 Å². The van der Waals surface area contributed by atoms with E-state index in [-0.39, 0.29) is 0 Å². The van der Waals surface area contributed by atoms with Gasteiger partial charge in [0.25, 0.3) is 0 Å². The van der Waals surface area contributed by atoms with E-state index >= 15 is 0 Å². The molecule has 20 heavy (non-hydrogen) atoms. The Labute approximate surface area is 116 Å². The second kappa shape index (κ2) is 6.21. The molecule has 106 valence electrons. The first-order valence-electron chi connectivity index (χ1n) is 5.97. The van der Waals surface area contributed by atoms with Gasteiger partial charge >= 0.3 is 0 Å². The van der Waals surface area contributed by atoms with Crippen LogP contribution < -0.4 is 14.2 Å². The summed E-state index contributed by atoms with van der Waals surface area (Å²) in [7, 11) is 4.57. The van der Waals surface area contributed by atoms with Gasteiger partial charge in [0, 0.05) is 6.07 Å². The summed E-state index contributed by atoms with van der Waals surface area (Å²) in [6.07, 6.45) is -1.00. The zero-order valence-corrected chi connectivity index (χ0v) is 11.5. The number of benzene rings is 1. The minimum atomic E-state index is -1.00. The Bertz CT molecular complexity index is 550. The largest absolute Gasteiger partial charge is 0.496 e. The van der Waals surface area contributed by atoms with Gasteiger partial charge in [0.15, 0.2) is 0 Å². The molecule has 6 nitrogen and oxygen atoms in total. The van der Waals surface area contributed by atoms with Crippen LogP contribution in [0, 0.1) is 0 Å². The topological polar surface area (TPSA) is 73.7 Å². The minimum absolute atomic E-state index is 0.382. The lowest BCUT2D eigenvalue weighted by molar-refractivity contribution is 0.202. The zero-order valence-electron chi connectivity index (χ0n) is 11.5. The molecule has 6 heteroatoms. The van der Waals surface area contributed by atoms with Gasteiger partial charge in [-0.05, 0) is 18.2 Å². The van der Waals surface area contributed by atoms with E-state index < -0.39 is 6.10 Å². The average Bonchev–Trinajstić information content (AvgIpc) is 2.53. The van der Waals surface area contributed by atoms with Crippen molar-refractivity contribution in [2.75, 3.05) is 21.3 Å². The zero-order chi connectivity index (χ0) is 14.5. The maximum Gasteiger partial charge on any atom is 0.233 e. The Morgan fingerprint density at radius 3 is 2.00 bits per heavy atom. The molecule has 0 fully saturated rings. The number of rotatable bonds is 5. The molecule has 1 atom stereocenters. The summed E-state index contributed by atoms with van der Waals surface area (Å²) in [5.74, 6) is 1.43. The number of aromatic nitrogens is 2. The molecule has 0 aliphatic rings. The fourth-order valence-electron chi connectivity index (χ4n) is 1.88. The van der Waals surface area contributed by atoms with Gasteiger partial charge in [0.2, 0.25) is 5.88 Å². The SMILES string of the molecule is COc1ccc(C(O)c2c(OC)cccc2OC)nn1. The minimum Gasteiger partial charge on any atom is -0.496 e. The quantitative estimate of drug-likeness (QED) is 0.894. The highest BCUT2D eigenvalue weighted by atomic mass is 16.5. The van der Waals surface area contributed by atoms with E-state index in [0.29, 0.717) is 28.6 Å². The first kappa shape index (κ1) is 14.1. The molecule has 0 bridgehead atoms. The van der Waals surface area contributed by atoms with Crippen molar-refractivity contribution in [2.45, 2.75) is 6.10 Å². The van der Waals surface area contributed by atoms with Crippen LogP contribution in [0.5, 0.6) is 17.4 Å². The molecule has 2 aromatic rings. The molecule has 1 N–H and O–H groups in total. The van der Waals surface area contributed by atoms with Gasteiger partial charge in [0.1, 0.15) is 17.6 Å². The van der Waals surface area contributed by atoms with Crippen molar-refractivity contribution < 1.29 is 19.3 Å². The second-order valence-electron chi connectivity index (χ2n) is 3.98. The van der Waals surface area contributed by atoms with Crippen molar-refractivity contribution in [1.82, 2.24) is 10.2 Å². The summed E-state index contributed by atoms with van der Waals surface area (Å²) in [5.41, 5.74) is 0.894. The van der Waals surface area contributed by atoms with Gasteiger partial charge in [-0.2, -0.15) is 0 Å². The lowest BCUT2D eigenvalue weighted by Gasteiger charge is -2.17. The monoisotopic (exact) mass is 276 g/mol. The van der Waals surface area contributed by atoms with Crippen molar-refractivity contribution in [3.63, 3.8) is 0 Å². The molecule has 0 aliphatic carbocycles. The Balaban J connectivity index is 2.43. The molecule has 1 aromatic heterocycles. The number of aliphatic hydroxyl groups excluding tert-OH is 1. The van der Waals surface area contributed by atoms with Crippen LogP contribution in [0.4, 0.5) is 0 Å². The van der Waals surface area contributed by atoms with Gasteiger partial charge in [-0.15, -0.1) is 10.2 Å². The summed E-state index contributed by atoms with van der Waals surface area (Å²) in [6.45, 7) is 0. The van der Waals surface area contributed by atoms with Crippen molar-refractivity contribution in [2.24, 2.45) is 0 Å². The number of aliphatic hydroxyl groups is 1. The Morgan fingerprint density at radius 2 is 1.55 bits per heavy atom. The first-order chi connectivity index (χ1) is 9.71. The third-order valence-electron chi connectivity index (χ3n) is 2.89. The standard InChI is InChI=1S/C14H16N2O4/c1-18-10-5-4-6-11(19-2)13(10)14(17)9-7-8-12(20-3)16-15-9/h4-8,14,17H,1-3H3. The van der Waals surface area contributed by atoms with E-state index in [2.05, 4.69) is 10.2 Å². The highest BCUT2D eigenvalue weighted by Gasteiger charge is 2.22. The summed E-state index contributed by atoms with van der Waals surface area (Å²) in [5, 5.41) is 18.3. The van der Waals surface area contributed by atoms with Gasteiger partial charge in [-0.3, -0.25) is 0 Å². The van der Waals surface area contributed by atoms with E-state index in [1.54, 1.807) is 30.3 Å². The summed E-state index contributed by atoms with van der Waals surface area (Å²) in [6, 6.07) is 8.56. The fraction of sp³-hybridized carbons (Fsp3) is 0.286.